The summed E-state index contributed by atoms with van der Waals surface area (Å²) in [5.41, 5.74) is 0.703. The van der Waals surface area contributed by atoms with Gasteiger partial charge in [0.2, 0.25) is 0 Å². The molecule has 5 heteroatoms. The van der Waals surface area contributed by atoms with Crippen molar-refractivity contribution >= 4 is 23.0 Å². The zero-order valence-corrected chi connectivity index (χ0v) is 11.4. The molecule has 0 aliphatic heterocycles. The number of unbranched alkanes of at least 4 members (excludes halogenated alkanes) is 4. The standard InChI is InChI=1S/C13H19ClN2O2/c1-2-3-4-5-6-9-15-13-10-11(16(17)18)7-8-12(13)14/h7-8,10,15H,2-6,9H2,1H3. The largest absolute Gasteiger partial charge is 0.384 e. The molecule has 0 fully saturated rings. The van der Waals surface area contributed by atoms with Gasteiger partial charge in [-0.05, 0) is 12.5 Å². The van der Waals surface area contributed by atoms with E-state index >= 15 is 0 Å². The van der Waals surface area contributed by atoms with Crippen molar-refractivity contribution in [3.63, 3.8) is 0 Å². The lowest BCUT2D eigenvalue weighted by Gasteiger charge is -2.08. The Bertz CT molecular complexity index is 397. The molecule has 0 saturated carbocycles. The van der Waals surface area contributed by atoms with Crippen LogP contribution in [0.1, 0.15) is 39.0 Å². The summed E-state index contributed by atoms with van der Waals surface area (Å²) in [5, 5.41) is 14.3. The third-order valence-corrected chi connectivity index (χ3v) is 3.09. The topological polar surface area (TPSA) is 55.2 Å². The minimum absolute atomic E-state index is 0.0629. The van der Waals surface area contributed by atoms with Crippen molar-refractivity contribution in [3.05, 3.63) is 33.3 Å². The number of nitrogens with one attached hydrogen (secondary N) is 1. The van der Waals surface area contributed by atoms with Gasteiger partial charge in [0, 0.05) is 18.7 Å². The molecule has 0 aliphatic rings. The van der Waals surface area contributed by atoms with Crippen LogP contribution in [0.15, 0.2) is 18.2 Å². The molecule has 0 unspecified atom stereocenters. The molecule has 4 nitrogen and oxygen atoms in total. The van der Waals surface area contributed by atoms with Crippen LogP contribution in [0.3, 0.4) is 0 Å². The van der Waals surface area contributed by atoms with Gasteiger partial charge >= 0.3 is 0 Å². The van der Waals surface area contributed by atoms with E-state index in [9.17, 15) is 10.1 Å². The Hall–Kier alpha value is -1.29. The molecule has 0 spiro atoms. The van der Waals surface area contributed by atoms with Crippen molar-refractivity contribution in [1.29, 1.82) is 0 Å². The van der Waals surface area contributed by atoms with Crippen LogP contribution in [0.2, 0.25) is 5.02 Å². The quantitative estimate of drug-likeness (QED) is 0.426. The summed E-state index contributed by atoms with van der Waals surface area (Å²) in [6.45, 7) is 2.98. The lowest BCUT2D eigenvalue weighted by Crippen LogP contribution is -2.02. The highest BCUT2D eigenvalue weighted by Crippen LogP contribution is 2.26. The Labute approximate surface area is 112 Å². The van der Waals surface area contributed by atoms with Crippen LogP contribution in [0.25, 0.3) is 0 Å². The highest BCUT2D eigenvalue weighted by Gasteiger charge is 2.08. The van der Waals surface area contributed by atoms with Gasteiger partial charge in [0.15, 0.2) is 0 Å². The molecule has 0 amide bonds. The smallest absolute Gasteiger partial charge is 0.271 e. The van der Waals surface area contributed by atoms with Gasteiger partial charge in [0.1, 0.15) is 0 Å². The zero-order chi connectivity index (χ0) is 13.4. The minimum atomic E-state index is -0.414. The van der Waals surface area contributed by atoms with Crippen molar-refractivity contribution in [2.75, 3.05) is 11.9 Å². The fourth-order valence-electron chi connectivity index (χ4n) is 1.71. The van der Waals surface area contributed by atoms with E-state index < -0.39 is 4.92 Å². The van der Waals surface area contributed by atoms with Gasteiger partial charge in [-0.15, -0.1) is 0 Å². The summed E-state index contributed by atoms with van der Waals surface area (Å²) in [6.07, 6.45) is 5.95. The van der Waals surface area contributed by atoms with Crippen LogP contribution >= 0.6 is 11.6 Å². The molecular formula is C13H19ClN2O2. The highest BCUT2D eigenvalue weighted by molar-refractivity contribution is 6.33. The number of nitro groups is 1. The van der Waals surface area contributed by atoms with Crippen molar-refractivity contribution in [2.45, 2.75) is 39.0 Å². The number of halogens is 1. The highest BCUT2D eigenvalue weighted by atomic mass is 35.5. The van der Waals surface area contributed by atoms with Gasteiger partial charge < -0.3 is 5.32 Å². The van der Waals surface area contributed by atoms with E-state index in [4.69, 9.17) is 11.6 Å². The second-order valence-electron chi connectivity index (χ2n) is 4.26. The summed E-state index contributed by atoms with van der Waals surface area (Å²) >= 11 is 5.98. The average molecular weight is 271 g/mol. The minimum Gasteiger partial charge on any atom is -0.384 e. The van der Waals surface area contributed by atoms with E-state index in [0.29, 0.717) is 10.7 Å². The number of nitrogens with zero attached hydrogens (tertiary/aromatic N) is 1. The molecule has 1 aromatic rings. The molecule has 18 heavy (non-hydrogen) atoms. The molecular weight excluding hydrogens is 252 g/mol. The number of hydrogen-bond donors (Lipinski definition) is 1. The van der Waals surface area contributed by atoms with Crippen molar-refractivity contribution in [1.82, 2.24) is 0 Å². The first-order chi connectivity index (χ1) is 8.65. The number of hydrogen-bond acceptors (Lipinski definition) is 3. The fraction of sp³-hybridized carbons (Fsp3) is 0.538. The number of benzene rings is 1. The maximum Gasteiger partial charge on any atom is 0.271 e. The van der Waals surface area contributed by atoms with Crippen molar-refractivity contribution in [2.24, 2.45) is 0 Å². The Balaban J connectivity index is 2.41. The third-order valence-electron chi connectivity index (χ3n) is 2.76. The summed E-state index contributed by atoms with van der Waals surface area (Å²) in [7, 11) is 0. The van der Waals surface area contributed by atoms with Gasteiger partial charge in [0.25, 0.3) is 5.69 Å². The SMILES string of the molecule is CCCCCCCNc1cc([N+](=O)[O-])ccc1Cl. The van der Waals surface area contributed by atoms with E-state index in [1.165, 1.54) is 37.8 Å². The van der Waals surface area contributed by atoms with Crippen LogP contribution in [-0.4, -0.2) is 11.5 Å². The first kappa shape index (κ1) is 14.8. The molecule has 0 heterocycles. The molecule has 0 bridgehead atoms. The summed E-state index contributed by atoms with van der Waals surface area (Å²) in [4.78, 5) is 10.2. The van der Waals surface area contributed by atoms with Crippen molar-refractivity contribution in [3.8, 4) is 0 Å². The maximum atomic E-state index is 10.6. The van der Waals surface area contributed by atoms with E-state index in [1.54, 1.807) is 6.07 Å². The van der Waals surface area contributed by atoms with Gasteiger partial charge in [-0.1, -0.05) is 44.2 Å². The van der Waals surface area contributed by atoms with E-state index in [2.05, 4.69) is 12.2 Å². The normalized spacial score (nSPS) is 10.3. The zero-order valence-electron chi connectivity index (χ0n) is 10.6. The Morgan fingerprint density at radius 1 is 1.28 bits per heavy atom. The third kappa shape index (κ3) is 4.92. The molecule has 0 aliphatic carbocycles. The second-order valence-corrected chi connectivity index (χ2v) is 4.67. The molecule has 1 rings (SSSR count). The predicted octanol–water partition coefficient (Wildman–Crippen LogP) is 4.63. The second kappa shape index (κ2) is 7.93. The molecule has 0 saturated heterocycles. The average Bonchev–Trinajstić information content (AvgIpc) is 2.35. The van der Waals surface area contributed by atoms with Crippen molar-refractivity contribution < 1.29 is 4.92 Å². The first-order valence-corrected chi connectivity index (χ1v) is 6.70. The number of anilines is 1. The van der Waals surface area contributed by atoms with Crippen LogP contribution in [-0.2, 0) is 0 Å². The maximum absolute atomic E-state index is 10.6. The lowest BCUT2D eigenvalue weighted by atomic mass is 10.1. The summed E-state index contributed by atoms with van der Waals surface area (Å²) in [5.74, 6) is 0. The molecule has 1 N–H and O–H groups in total. The summed E-state index contributed by atoms with van der Waals surface area (Å²) in [6, 6.07) is 4.45. The number of rotatable bonds is 8. The number of non-ortho nitro benzene ring substituents is 1. The molecule has 0 atom stereocenters. The Morgan fingerprint density at radius 3 is 2.67 bits per heavy atom. The lowest BCUT2D eigenvalue weighted by molar-refractivity contribution is -0.384. The van der Waals surface area contributed by atoms with Gasteiger partial charge in [-0.25, -0.2) is 0 Å². The van der Waals surface area contributed by atoms with Crippen LogP contribution in [0.5, 0.6) is 0 Å². The molecule has 100 valence electrons. The first-order valence-electron chi connectivity index (χ1n) is 6.33. The number of nitro benzene ring substituents is 1. The van der Waals surface area contributed by atoms with Crippen LogP contribution in [0.4, 0.5) is 11.4 Å². The summed E-state index contributed by atoms with van der Waals surface area (Å²) < 4.78 is 0. The predicted molar refractivity (Wildman–Crippen MR) is 75.4 cm³/mol. The van der Waals surface area contributed by atoms with Crippen LogP contribution in [0, 0.1) is 10.1 Å². The van der Waals surface area contributed by atoms with Gasteiger partial charge in [-0.3, -0.25) is 10.1 Å². The Morgan fingerprint density at radius 2 is 2.00 bits per heavy atom. The van der Waals surface area contributed by atoms with E-state index in [0.717, 1.165) is 13.0 Å². The molecule has 0 aromatic heterocycles. The molecule has 1 aromatic carbocycles. The van der Waals surface area contributed by atoms with Gasteiger partial charge in [-0.2, -0.15) is 0 Å². The van der Waals surface area contributed by atoms with Crippen LogP contribution < -0.4 is 5.32 Å². The Kier molecular flexibility index (Phi) is 6.50. The molecule has 0 radical (unpaired) electrons. The van der Waals surface area contributed by atoms with E-state index in [1.807, 2.05) is 0 Å². The fourth-order valence-corrected chi connectivity index (χ4v) is 1.90. The monoisotopic (exact) mass is 270 g/mol. The van der Waals surface area contributed by atoms with E-state index in [-0.39, 0.29) is 5.69 Å². The van der Waals surface area contributed by atoms with Gasteiger partial charge in [0.05, 0.1) is 15.6 Å².